The van der Waals surface area contributed by atoms with Crippen molar-refractivity contribution in [2.75, 3.05) is 0 Å². The number of cyclic esters (lactones) is 1. The highest BCUT2D eigenvalue weighted by Gasteiger charge is 2.32. The molecule has 0 spiro atoms. The molecule has 0 radical (unpaired) electrons. The summed E-state index contributed by atoms with van der Waals surface area (Å²) in [5, 5.41) is 11.6. The van der Waals surface area contributed by atoms with Crippen LogP contribution in [-0.2, 0) is 16.0 Å². The van der Waals surface area contributed by atoms with Gasteiger partial charge in [0.2, 0.25) is 0 Å². The number of phenolic OH excluding ortho intramolecular Hbond substituents is 1. The van der Waals surface area contributed by atoms with Gasteiger partial charge in [0.05, 0.1) is 0 Å². The van der Waals surface area contributed by atoms with Crippen LogP contribution in [0.4, 0.5) is 4.79 Å². The van der Waals surface area contributed by atoms with Crippen LogP contribution in [0.25, 0.3) is 0 Å². The Morgan fingerprint density at radius 3 is 2.81 bits per heavy atom. The van der Waals surface area contributed by atoms with Crippen LogP contribution < -0.4 is 5.32 Å². The number of nitrogens with one attached hydrogen (secondary N) is 1. The Morgan fingerprint density at radius 2 is 2.19 bits per heavy atom. The number of amides is 2. The minimum atomic E-state index is -0.847. The lowest BCUT2D eigenvalue weighted by atomic mass is 10.0. The largest absolute Gasteiger partial charge is 0.508 e. The van der Waals surface area contributed by atoms with Gasteiger partial charge in [-0.25, -0.2) is 4.79 Å². The first kappa shape index (κ1) is 10.5. The summed E-state index contributed by atoms with van der Waals surface area (Å²) in [5.41, 5.74) is 1.56. The van der Waals surface area contributed by atoms with Gasteiger partial charge in [0.25, 0.3) is 5.91 Å². The third-order valence-corrected chi connectivity index (χ3v) is 2.41. The fourth-order valence-corrected chi connectivity index (χ4v) is 1.61. The molecule has 1 aromatic carbocycles. The summed E-state index contributed by atoms with van der Waals surface area (Å²) >= 11 is 0. The molecule has 5 heteroatoms. The van der Waals surface area contributed by atoms with Crippen molar-refractivity contribution in [2.24, 2.45) is 0 Å². The number of aromatic hydroxyl groups is 1. The Bertz CT molecular complexity index is 455. The third-order valence-electron chi connectivity index (χ3n) is 2.41. The molecule has 2 amide bonds. The number of imide groups is 1. The number of benzene rings is 1. The SMILES string of the molecule is Cc1ccc(O)c(CC2OC(=O)NC2=O)c1. The molecule has 0 saturated carbocycles. The summed E-state index contributed by atoms with van der Waals surface area (Å²) in [4.78, 5) is 22.0. The van der Waals surface area contributed by atoms with Gasteiger partial charge in [-0.15, -0.1) is 0 Å². The van der Waals surface area contributed by atoms with E-state index in [1.54, 1.807) is 18.2 Å². The van der Waals surface area contributed by atoms with Crippen LogP contribution in [0.2, 0.25) is 0 Å². The first-order valence-corrected chi connectivity index (χ1v) is 4.86. The van der Waals surface area contributed by atoms with Crippen LogP contribution in [0, 0.1) is 6.92 Å². The molecule has 5 nitrogen and oxygen atoms in total. The minimum absolute atomic E-state index is 0.0985. The summed E-state index contributed by atoms with van der Waals surface area (Å²) in [6.07, 6.45) is -1.40. The Labute approximate surface area is 92.0 Å². The number of hydrogen-bond acceptors (Lipinski definition) is 4. The summed E-state index contributed by atoms with van der Waals surface area (Å²) in [7, 11) is 0. The Kier molecular flexibility index (Phi) is 2.52. The third kappa shape index (κ3) is 1.98. The van der Waals surface area contributed by atoms with Crippen molar-refractivity contribution in [3.05, 3.63) is 29.3 Å². The lowest BCUT2D eigenvalue weighted by Crippen LogP contribution is -2.25. The zero-order valence-electron chi connectivity index (χ0n) is 8.69. The maximum absolute atomic E-state index is 11.2. The summed E-state index contributed by atoms with van der Waals surface area (Å²) in [5.74, 6) is -0.368. The van der Waals surface area contributed by atoms with Gasteiger partial charge < -0.3 is 9.84 Å². The van der Waals surface area contributed by atoms with E-state index in [0.717, 1.165) is 5.56 Å². The highest BCUT2D eigenvalue weighted by molar-refractivity contribution is 6.00. The van der Waals surface area contributed by atoms with E-state index in [4.69, 9.17) is 4.74 Å². The first-order chi connectivity index (χ1) is 7.56. The van der Waals surface area contributed by atoms with E-state index in [0.29, 0.717) is 5.56 Å². The van der Waals surface area contributed by atoms with Crippen LogP contribution in [0.3, 0.4) is 0 Å². The van der Waals surface area contributed by atoms with E-state index in [1.807, 2.05) is 12.2 Å². The van der Waals surface area contributed by atoms with E-state index in [-0.39, 0.29) is 12.2 Å². The molecule has 0 aromatic heterocycles. The second-order valence-electron chi connectivity index (χ2n) is 3.72. The monoisotopic (exact) mass is 221 g/mol. The Balaban J connectivity index is 2.18. The number of carbonyl (C=O) groups is 2. The predicted octanol–water partition coefficient (Wildman–Crippen LogP) is 0.878. The fourth-order valence-electron chi connectivity index (χ4n) is 1.61. The number of ether oxygens (including phenoxy) is 1. The average Bonchev–Trinajstić information content (AvgIpc) is 2.51. The predicted molar refractivity (Wildman–Crippen MR) is 55.0 cm³/mol. The normalized spacial score (nSPS) is 19.4. The van der Waals surface area contributed by atoms with Crippen LogP contribution in [0.15, 0.2) is 18.2 Å². The van der Waals surface area contributed by atoms with Gasteiger partial charge in [-0.2, -0.15) is 0 Å². The summed E-state index contributed by atoms with van der Waals surface area (Å²) in [6, 6.07) is 5.08. The first-order valence-electron chi connectivity index (χ1n) is 4.86. The summed E-state index contributed by atoms with van der Waals surface area (Å²) in [6.45, 7) is 1.88. The van der Waals surface area contributed by atoms with Crippen molar-refractivity contribution in [2.45, 2.75) is 19.4 Å². The molecule has 1 saturated heterocycles. The molecule has 1 fully saturated rings. The van der Waals surface area contributed by atoms with E-state index in [9.17, 15) is 14.7 Å². The molecule has 1 aliphatic rings. The Hall–Kier alpha value is -2.04. The minimum Gasteiger partial charge on any atom is -0.508 e. The van der Waals surface area contributed by atoms with Gasteiger partial charge in [0, 0.05) is 6.42 Å². The van der Waals surface area contributed by atoms with Gasteiger partial charge >= 0.3 is 6.09 Å². The van der Waals surface area contributed by atoms with Crippen molar-refractivity contribution in [1.29, 1.82) is 0 Å². The highest BCUT2D eigenvalue weighted by Crippen LogP contribution is 2.21. The number of rotatable bonds is 2. The highest BCUT2D eigenvalue weighted by atomic mass is 16.6. The van der Waals surface area contributed by atoms with Gasteiger partial charge in [0.1, 0.15) is 5.75 Å². The second kappa shape index (κ2) is 3.84. The number of aryl methyl sites for hydroxylation is 1. The van der Waals surface area contributed by atoms with Crippen LogP contribution in [0.5, 0.6) is 5.75 Å². The second-order valence-corrected chi connectivity index (χ2v) is 3.72. The summed E-state index contributed by atoms with van der Waals surface area (Å²) < 4.78 is 4.76. The maximum atomic E-state index is 11.2. The molecule has 1 aliphatic heterocycles. The molecule has 1 unspecified atom stereocenters. The molecule has 84 valence electrons. The molecule has 1 aromatic rings. The standard InChI is InChI=1S/C11H11NO4/c1-6-2-3-8(13)7(4-6)5-9-10(14)12-11(15)16-9/h2-4,9,13H,5H2,1H3,(H,12,14,15). The molecule has 1 heterocycles. The van der Waals surface area contributed by atoms with Crippen LogP contribution in [0.1, 0.15) is 11.1 Å². The number of hydrogen-bond donors (Lipinski definition) is 2. The van der Waals surface area contributed by atoms with E-state index < -0.39 is 18.1 Å². The van der Waals surface area contributed by atoms with Gasteiger partial charge in [-0.05, 0) is 18.6 Å². The van der Waals surface area contributed by atoms with Crippen molar-refractivity contribution in [1.82, 2.24) is 5.32 Å². The van der Waals surface area contributed by atoms with Crippen LogP contribution in [-0.4, -0.2) is 23.2 Å². The molecule has 2 rings (SSSR count). The van der Waals surface area contributed by atoms with Crippen LogP contribution >= 0.6 is 0 Å². The van der Waals surface area contributed by atoms with Gasteiger partial charge in [-0.1, -0.05) is 17.7 Å². The zero-order valence-corrected chi connectivity index (χ0v) is 8.69. The van der Waals surface area contributed by atoms with E-state index in [1.165, 1.54) is 0 Å². The molecule has 2 N–H and O–H groups in total. The molecular weight excluding hydrogens is 210 g/mol. The number of carbonyl (C=O) groups excluding carboxylic acids is 2. The number of alkyl carbamates (subject to hydrolysis) is 1. The van der Waals surface area contributed by atoms with E-state index in [2.05, 4.69) is 0 Å². The maximum Gasteiger partial charge on any atom is 0.414 e. The molecule has 1 atom stereocenters. The smallest absolute Gasteiger partial charge is 0.414 e. The van der Waals surface area contributed by atoms with E-state index >= 15 is 0 Å². The number of phenols is 1. The van der Waals surface area contributed by atoms with Gasteiger partial charge in [-0.3, -0.25) is 10.1 Å². The lowest BCUT2D eigenvalue weighted by Gasteiger charge is -2.08. The topological polar surface area (TPSA) is 75.6 Å². The molecular formula is C11H11NO4. The lowest BCUT2D eigenvalue weighted by molar-refractivity contribution is -0.123. The quantitative estimate of drug-likeness (QED) is 0.777. The van der Waals surface area contributed by atoms with Gasteiger partial charge in [0.15, 0.2) is 6.10 Å². The van der Waals surface area contributed by atoms with Crippen molar-refractivity contribution in [3.63, 3.8) is 0 Å². The molecule has 0 aliphatic carbocycles. The van der Waals surface area contributed by atoms with Crippen molar-refractivity contribution < 1.29 is 19.4 Å². The molecule has 0 bridgehead atoms. The van der Waals surface area contributed by atoms with Crippen molar-refractivity contribution >= 4 is 12.0 Å². The van der Waals surface area contributed by atoms with Crippen molar-refractivity contribution in [3.8, 4) is 5.75 Å². The average molecular weight is 221 g/mol. The Morgan fingerprint density at radius 1 is 1.44 bits per heavy atom. The fraction of sp³-hybridized carbons (Fsp3) is 0.273. The molecule has 16 heavy (non-hydrogen) atoms. The zero-order chi connectivity index (χ0) is 11.7.